The third-order valence-electron chi connectivity index (χ3n) is 6.24. The van der Waals surface area contributed by atoms with Crippen LogP contribution in [0.25, 0.3) is 22.2 Å². The molecule has 0 radical (unpaired) electrons. The predicted molar refractivity (Wildman–Crippen MR) is 119 cm³/mol. The third kappa shape index (κ3) is 4.34. The van der Waals surface area contributed by atoms with Crippen LogP contribution in [0.1, 0.15) is 51.4 Å². The minimum Gasteiger partial charge on any atom is -0.381 e. The monoisotopic (exact) mass is 416 g/mol. The highest BCUT2D eigenvalue weighted by atomic mass is 16.5. The van der Waals surface area contributed by atoms with Crippen molar-refractivity contribution in [3.8, 4) is 23.1 Å². The van der Waals surface area contributed by atoms with Crippen LogP contribution in [0.5, 0.6) is 0 Å². The van der Waals surface area contributed by atoms with Crippen LogP contribution in [0.4, 0.5) is 0 Å². The fourth-order valence-electron chi connectivity index (χ4n) is 4.83. The Hall–Kier alpha value is -2.75. The summed E-state index contributed by atoms with van der Waals surface area (Å²) in [7, 11) is 0. The smallest absolute Gasteiger partial charge is 0.205 e. The molecule has 0 N–H and O–H groups in total. The normalized spacial score (nSPS) is 24.6. The molecule has 0 aromatic carbocycles. The zero-order valence-electron chi connectivity index (χ0n) is 18.1. The fourth-order valence-corrected chi connectivity index (χ4v) is 4.83. The van der Waals surface area contributed by atoms with E-state index >= 15 is 0 Å². The lowest BCUT2D eigenvalue weighted by Crippen LogP contribution is -2.28. The first-order valence-corrected chi connectivity index (χ1v) is 11.2. The highest BCUT2D eigenvalue weighted by Gasteiger charge is 2.23. The number of aromatic nitrogens is 4. The van der Waals surface area contributed by atoms with Crippen LogP contribution in [0.3, 0.4) is 0 Å². The number of hydrogen-bond donors (Lipinski definition) is 0. The van der Waals surface area contributed by atoms with Crippen LogP contribution in [0, 0.1) is 17.8 Å². The molecular formula is C25H28N4O2. The van der Waals surface area contributed by atoms with Gasteiger partial charge in [0, 0.05) is 54.7 Å². The minimum absolute atomic E-state index is 0.250. The molecule has 2 fully saturated rings. The van der Waals surface area contributed by atoms with Gasteiger partial charge >= 0.3 is 0 Å². The number of pyridine rings is 1. The van der Waals surface area contributed by atoms with E-state index in [9.17, 15) is 0 Å². The van der Waals surface area contributed by atoms with Crippen LogP contribution in [0.15, 0.2) is 36.9 Å². The van der Waals surface area contributed by atoms with Crippen molar-refractivity contribution in [2.24, 2.45) is 5.92 Å². The van der Waals surface area contributed by atoms with Gasteiger partial charge in [-0.15, -0.1) is 0 Å². The predicted octanol–water partition coefficient (Wildman–Crippen LogP) is 4.40. The molecule has 2 saturated heterocycles. The first-order chi connectivity index (χ1) is 15.2. The molecule has 2 aliphatic heterocycles. The summed E-state index contributed by atoms with van der Waals surface area (Å²) in [5, 5.41) is 1.16. The van der Waals surface area contributed by atoms with Gasteiger partial charge in [0.1, 0.15) is 0 Å². The molecule has 3 atom stereocenters. The summed E-state index contributed by atoms with van der Waals surface area (Å²) in [6.07, 6.45) is 12.3. The van der Waals surface area contributed by atoms with Crippen molar-refractivity contribution in [2.75, 3.05) is 13.2 Å². The van der Waals surface area contributed by atoms with Gasteiger partial charge < -0.3 is 14.0 Å². The Bertz CT molecular complexity index is 1110. The van der Waals surface area contributed by atoms with Gasteiger partial charge in [-0.1, -0.05) is 5.92 Å². The zero-order valence-corrected chi connectivity index (χ0v) is 18.1. The fraction of sp³-hybridized carbons (Fsp3) is 0.480. The zero-order chi connectivity index (χ0) is 21.2. The molecule has 5 rings (SSSR count). The molecular weight excluding hydrogens is 388 g/mol. The molecule has 5 heterocycles. The molecule has 31 heavy (non-hydrogen) atoms. The van der Waals surface area contributed by atoms with E-state index in [1.165, 1.54) is 0 Å². The average molecular weight is 417 g/mol. The quantitative estimate of drug-likeness (QED) is 0.580. The van der Waals surface area contributed by atoms with E-state index in [2.05, 4.69) is 52.5 Å². The van der Waals surface area contributed by atoms with Crippen LogP contribution < -0.4 is 0 Å². The lowest BCUT2D eigenvalue weighted by molar-refractivity contribution is -0.0419. The summed E-state index contributed by atoms with van der Waals surface area (Å²) in [6.45, 7) is 5.84. The van der Waals surface area contributed by atoms with Crippen molar-refractivity contribution in [2.45, 2.75) is 57.8 Å². The van der Waals surface area contributed by atoms with E-state index in [0.29, 0.717) is 17.8 Å². The first-order valence-electron chi connectivity index (χ1n) is 11.2. The molecule has 6 nitrogen and oxygen atoms in total. The lowest BCUT2D eigenvalue weighted by atomic mass is 9.93. The minimum atomic E-state index is 0.250. The third-order valence-corrected chi connectivity index (χ3v) is 6.24. The second-order valence-corrected chi connectivity index (χ2v) is 8.65. The molecule has 0 spiro atoms. The van der Waals surface area contributed by atoms with Crippen LogP contribution in [0.2, 0.25) is 0 Å². The average Bonchev–Trinajstić information content (AvgIpc) is 3.18. The van der Waals surface area contributed by atoms with Gasteiger partial charge in [-0.25, -0.2) is 9.97 Å². The van der Waals surface area contributed by atoms with Gasteiger partial charge in [0.05, 0.1) is 29.6 Å². The van der Waals surface area contributed by atoms with E-state index in [-0.39, 0.29) is 12.2 Å². The van der Waals surface area contributed by atoms with Crippen molar-refractivity contribution >= 4 is 10.9 Å². The largest absolute Gasteiger partial charge is 0.381 e. The van der Waals surface area contributed by atoms with E-state index in [1.54, 1.807) is 6.20 Å². The van der Waals surface area contributed by atoms with Gasteiger partial charge in [-0.2, -0.15) is 0 Å². The number of nitrogens with zero attached hydrogens (tertiary/aromatic N) is 4. The second-order valence-electron chi connectivity index (χ2n) is 8.65. The summed E-state index contributed by atoms with van der Waals surface area (Å²) in [5.41, 5.74) is 3.14. The van der Waals surface area contributed by atoms with Gasteiger partial charge in [-0.05, 0) is 57.6 Å². The lowest BCUT2D eigenvalue weighted by Gasteiger charge is -2.29. The Morgan fingerprint density at radius 3 is 2.68 bits per heavy atom. The van der Waals surface area contributed by atoms with Crippen LogP contribution >= 0.6 is 0 Å². The molecule has 160 valence electrons. The van der Waals surface area contributed by atoms with Crippen molar-refractivity contribution in [3.63, 3.8) is 0 Å². The van der Waals surface area contributed by atoms with Crippen LogP contribution in [-0.2, 0) is 9.47 Å². The van der Waals surface area contributed by atoms with Gasteiger partial charge in [-0.3, -0.25) is 4.98 Å². The second kappa shape index (κ2) is 8.78. The van der Waals surface area contributed by atoms with Crippen molar-refractivity contribution < 1.29 is 9.47 Å². The maximum Gasteiger partial charge on any atom is 0.205 e. The summed E-state index contributed by atoms with van der Waals surface area (Å²) in [6, 6.07) is 4.46. The van der Waals surface area contributed by atoms with E-state index in [4.69, 9.17) is 14.5 Å². The molecule has 0 aliphatic carbocycles. The first kappa shape index (κ1) is 20.2. The molecule has 1 unspecified atom stereocenters. The van der Waals surface area contributed by atoms with Crippen molar-refractivity contribution in [1.29, 1.82) is 0 Å². The van der Waals surface area contributed by atoms with Crippen LogP contribution in [-0.4, -0.2) is 44.9 Å². The van der Waals surface area contributed by atoms with Gasteiger partial charge in [0.15, 0.2) is 0 Å². The SMILES string of the molecule is C[C@@H]1CC(C#Cc2nccc(-c3cn(C4CCOCC4)c4cnccc34)n2)C[C@H](C)O1. The van der Waals surface area contributed by atoms with Gasteiger partial charge in [0.2, 0.25) is 5.82 Å². The Kier molecular flexibility index (Phi) is 5.71. The maximum atomic E-state index is 5.82. The molecule has 0 bridgehead atoms. The standard InChI is InChI=1S/C25H28N4O2/c1-17-13-19(14-18(2)31-17)3-4-25-27-10-6-23(28-25)22-16-29(20-7-11-30-12-8-20)24-15-26-9-5-21(22)24/h5-6,9-10,15-20H,7-8,11-14H2,1-2H3/t17-,18+,19?. The number of fused-ring (bicyclic) bond motifs is 1. The van der Waals surface area contributed by atoms with Crippen molar-refractivity contribution in [3.05, 3.63) is 42.7 Å². The maximum absolute atomic E-state index is 5.82. The summed E-state index contributed by atoms with van der Waals surface area (Å²) >= 11 is 0. The number of ether oxygens (including phenoxy) is 2. The summed E-state index contributed by atoms with van der Waals surface area (Å²) in [5.74, 6) is 7.51. The Morgan fingerprint density at radius 1 is 1.06 bits per heavy atom. The molecule has 0 amide bonds. The van der Waals surface area contributed by atoms with Gasteiger partial charge in [0.25, 0.3) is 0 Å². The Labute approximate surface area is 183 Å². The highest BCUT2D eigenvalue weighted by Crippen LogP contribution is 2.34. The summed E-state index contributed by atoms with van der Waals surface area (Å²) in [4.78, 5) is 13.6. The molecule has 3 aromatic rings. The van der Waals surface area contributed by atoms with E-state index in [1.807, 2.05) is 18.5 Å². The Morgan fingerprint density at radius 2 is 1.87 bits per heavy atom. The van der Waals surface area contributed by atoms with Crippen molar-refractivity contribution in [1.82, 2.24) is 19.5 Å². The topological polar surface area (TPSA) is 62.1 Å². The van der Waals surface area contributed by atoms with E-state index in [0.717, 1.165) is 61.1 Å². The summed E-state index contributed by atoms with van der Waals surface area (Å²) < 4.78 is 13.7. The molecule has 3 aromatic heterocycles. The van der Waals surface area contributed by atoms with E-state index < -0.39 is 0 Å². The molecule has 6 heteroatoms. The number of rotatable bonds is 2. The molecule has 2 aliphatic rings. The molecule has 0 saturated carbocycles. The highest BCUT2D eigenvalue weighted by molar-refractivity contribution is 5.94. The Balaban J connectivity index is 1.47. The number of hydrogen-bond acceptors (Lipinski definition) is 5.